The summed E-state index contributed by atoms with van der Waals surface area (Å²) in [7, 11) is 0. The van der Waals surface area contributed by atoms with E-state index in [2.05, 4.69) is 32.7 Å². The second-order valence-corrected chi connectivity index (χ2v) is 6.20. The molecule has 0 aromatic rings. The quantitative estimate of drug-likeness (QED) is 0.760. The molecule has 16 heavy (non-hydrogen) atoms. The standard InChI is InChI=1S/C14H25NO/c1-5-6-13-15-14(3,4)11-8-7-10(2)9-12(11)16-13/h10-12H,5-9H2,1-4H3/p+1. The minimum Gasteiger partial charge on any atom is -0.444 e. The Balaban J connectivity index is 2.16. The summed E-state index contributed by atoms with van der Waals surface area (Å²) in [6.45, 7) is 9.23. The van der Waals surface area contributed by atoms with Crippen LogP contribution in [0.15, 0.2) is 0 Å². The van der Waals surface area contributed by atoms with Crippen LogP contribution in [0.1, 0.15) is 59.8 Å². The Hall–Kier alpha value is -0.530. The smallest absolute Gasteiger partial charge is 0.335 e. The van der Waals surface area contributed by atoms with Gasteiger partial charge in [0.25, 0.3) is 0 Å². The van der Waals surface area contributed by atoms with Gasteiger partial charge in [-0.3, -0.25) is 0 Å². The average molecular weight is 224 g/mol. The zero-order valence-electron chi connectivity index (χ0n) is 11.2. The van der Waals surface area contributed by atoms with Crippen LogP contribution < -0.4 is 4.99 Å². The molecule has 2 rings (SSSR count). The lowest BCUT2D eigenvalue weighted by molar-refractivity contribution is -0.582. The molecule has 0 spiro atoms. The molecule has 0 saturated heterocycles. The molecule has 92 valence electrons. The molecule has 2 aliphatic rings. The van der Waals surface area contributed by atoms with Crippen LogP contribution in [0.25, 0.3) is 0 Å². The molecule has 0 radical (unpaired) electrons. The van der Waals surface area contributed by atoms with Crippen LogP contribution >= 0.6 is 0 Å². The van der Waals surface area contributed by atoms with Crippen molar-refractivity contribution >= 4 is 5.90 Å². The fourth-order valence-electron chi connectivity index (χ4n) is 3.30. The van der Waals surface area contributed by atoms with Gasteiger partial charge in [0, 0.05) is 13.8 Å². The normalized spacial score (nSPS) is 37.2. The van der Waals surface area contributed by atoms with Crippen molar-refractivity contribution in [2.75, 3.05) is 0 Å². The molecule has 1 fully saturated rings. The van der Waals surface area contributed by atoms with E-state index in [1.54, 1.807) is 0 Å². The monoisotopic (exact) mass is 224 g/mol. The van der Waals surface area contributed by atoms with E-state index in [1.807, 2.05) is 0 Å². The first kappa shape index (κ1) is 11.9. The van der Waals surface area contributed by atoms with E-state index in [-0.39, 0.29) is 5.54 Å². The maximum atomic E-state index is 6.14. The molecule has 1 N–H and O–H groups in total. The van der Waals surface area contributed by atoms with Crippen molar-refractivity contribution in [2.24, 2.45) is 11.8 Å². The largest absolute Gasteiger partial charge is 0.444 e. The molecular formula is C14H26NO+. The Bertz CT molecular complexity index is 282. The summed E-state index contributed by atoms with van der Waals surface area (Å²) >= 11 is 0. The molecular weight excluding hydrogens is 198 g/mol. The van der Waals surface area contributed by atoms with E-state index in [1.165, 1.54) is 19.3 Å². The van der Waals surface area contributed by atoms with Gasteiger partial charge in [0.1, 0.15) is 6.10 Å². The highest BCUT2D eigenvalue weighted by Gasteiger charge is 2.48. The van der Waals surface area contributed by atoms with Gasteiger partial charge >= 0.3 is 5.90 Å². The maximum absolute atomic E-state index is 6.14. The molecule has 0 aromatic carbocycles. The highest BCUT2D eigenvalue weighted by atomic mass is 16.5. The molecule has 1 saturated carbocycles. The highest BCUT2D eigenvalue weighted by molar-refractivity contribution is 5.70. The van der Waals surface area contributed by atoms with Gasteiger partial charge in [-0.2, -0.15) is 0 Å². The van der Waals surface area contributed by atoms with Crippen LogP contribution in [0, 0.1) is 11.8 Å². The van der Waals surface area contributed by atoms with Gasteiger partial charge in [-0.1, -0.05) is 13.8 Å². The molecule has 0 amide bonds. The van der Waals surface area contributed by atoms with Gasteiger partial charge < -0.3 is 4.74 Å². The summed E-state index contributed by atoms with van der Waals surface area (Å²) < 4.78 is 6.14. The zero-order valence-corrected chi connectivity index (χ0v) is 11.2. The third-order valence-corrected chi connectivity index (χ3v) is 4.21. The molecule has 1 aliphatic heterocycles. The van der Waals surface area contributed by atoms with Crippen LogP contribution in [-0.4, -0.2) is 17.5 Å². The van der Waals surface area contributed by atoms with Gasteiger partial charge in [-0.05, 0) is 31.6 Å². The number of ether oxygens (including phenoxy) is 1. The Morgan fingerprint density at radius 2 is 2.12 bits per heavy atom. The lowest BCUT2D eigenvalue weighted by atomic mass is 9.71. The summed E-state index contributed by atoms with van der Waals surface area (Å²) in [4.78, 5) is 3.60. The first-order valence-corrected chi connectivity index (χ1v) is 6.83. The molecule has 0 aromatic heterocycles. The maximum Gasteiger partial charge on any atom is 0.335 e. The third kappa shape index (κ3) is 2.26. The van der Waals surface area contributed by atoms with Crippen LogP contribution in [0.4, 0.5) is 0 Å². The van der Waals surface area contributed by atoms with Crippen molar-refractivity contribution in [2.45, 2.75) is 71.4 Å². The first-order chi connectivity index (χ1) is 7.53. The molecule has 3 unspecified atom stereocenters. The first-order valence-electron chi connectivity index (χ1n) is 6.83. The fourth-order valence-corrected chi connectivity index (χ4v) is 3.30. The molecule has 1 heterocycles. The summed E-state index contributed by atoms with van der Waals surface area (Å²) in [6, 6.07) is 0. The van der Waals surface area contributed by atoms with Gasteiger partial charge in [-0.25, -0.2) is 4.99 Å². The van der Waals surface area contributed by atoms with Crippen molar-refractivity contribution in [3.63, 3.8) is 0 Å². The predicted octanol–water partition coefficient (Wildman–Crippen LogP) is 1.88. The number of fused-ring (bicyclic) bond motifs is 1. The fraction of sp³-hybridized carbons (Fsp3) is 0.929. The number of hydrogen-bond acceptors (Lipinski definition) is 1. The second kappa shape index (κ2) is 4.38. The van der Waals surface area contributed by atoms with Crippen molar-refractivity contribution in [3.8, 4) is 0 Å². The highest BCUT2D eigenvalue weighted by Crippen LogP contribution is 2.36. The van der Waals surface area contributed by atoms with Crippen molar-refractivity contribution in [3.05, 3.63) is 0 Å². The molecule has 3 atom stereocenters. The van der Waals surface area contributed by atoms with E-state index in [4.69, 9.17) is 4.74 Å². The van der Waals surface area contributed by atoms with Gasteiger partial charge in [0.05, 0.1) is 12.3 Å². The van der Waals surface area contributed by atoms with Crippen LogP contribution in [0.3, 0.4) is 0 Å². The summed E-state index contributed by atoms with van der Waals surface area (Å²) in [5.41, 5.74) is 0.216. The Labute approximate surface area is 99.5 Å². The minimum atomic E-state index is 0.216. The van der Waals surface area contributed by atoms with E-state index in [0.29, 0.717) is 12.0 Å². The SMILES string of the molecule is CCCC1=[NH+]C(C)(C)C2CCC(C)CC2O1. The summed E-state index contributed by atoms with van der Waals surface area (Å²) in [5.74, 6) is 2.64. The second-order valence-electron chi connectivity index (χ2n) is 6.20. The molecule has 2 nitrogen and oxygen atoms in total. The number of rotatable bonds is 2. The van der Waals surface area contributed by atoms with E-state index in [9.17, 15) is 0 Å². The van der Waals surface area contributed by atoms with E-state index >= 15 is 0 Å². The topological polar surface area (TPSA) is 23.2 Å². The third-order valence-electron chi connectivity index (χ3n) is 4.21. The molecule has 2 heteroatoms. The van der Waals surface area contributed by atoms with E-state index < -0.39 is 0 Å². The summed E-state index contributed by atoms with van der Waals surface area (Å²) in [6.07, 6.45) is 6.58. The lowest BCUT2D eigenvalue weighted by Gasteiger charge is -2.41. The van der Waals surface area contributed by atoms with Crippen molar-refractivity contribution in [1.29, 1.82) is 0 Å². The van der Waals surface area contributed by atoms with Crippen molar-refractivity contribution < 1.29 is 9.73 Å². The zero-order chi connectivity index (χ0) is 11.8. The van der Waals surface area contributed by atoms with Crippen LogP contribution in [0.5, 0.6) is 0 Å². The van der Waals surface area contributed by atoms with Crippen LogP contribution in [0.2, 0.25) is 0 Å². The van der Waals surface area contributed by atoms with Gasteiger partial charge in [-0.15, -0.1) is 0 Å². The average Bonchev–Trinajstić information content (AvgIpc) is 2.15. The Morgan fingerprint density at radius 3 is 2.81 bits per heavy atom. The van der Waals surface area contributed by atoms with Crippen LogP contribution in [-0.2, 0) is 4.74 Å². The number of nitrogens with one attached hydrogen (secondary N) is 1. The summed E-state index contributed by atoms with van der Waals surface area (Å²) in [5, 5.41) is 0. The number of hydrogen-bond donors (Lipinski definition) is 1. The van der Waals surface area contributed by atoms with Gasteiger partial charge in [0.2, 0.25) is 0 Å². The Morgan fingerprint density at radius 1 is 1.38 bits per heavy atom. The lowest BCUT2D eigenvalue weighted by Crippen LogP contribution is -2.91. The van der Waals surface area contributed by atoms with E-state index in [0.717, 1.165) is 24.7 Å². The van der Waals surface area contributed by atoms with Gasteiger partial charge in [0.15, 0.2) is 5.54 Å². The molecule has 0 bridgehead atoms. The Kier molecular flexibility index (Phi) is 3.27. The predicted molar refractivity (Wildman–Crippen MR) is 66.3 cm³/mol. The van der Waals surface area contributed by atoms with Crippen molar-refractivity contribution in [1.82, 2.24) is 0 Å². The minimum absolute atomic E-state index is 0.216. The molecule has 1 aliphatic carbocycles.